The molecule has 0 spiro atoms. The van der Waals surface area contributed by atoms with E-state index in [1.165, 1.54) is 0 Å². The molecule has 2 aliphatic rings. The highest BCUT2D eigenvalue weighted by molar-refractivity contribution is 5.89. The van der Waals surface area contributed by atoms with E-state index in [1.807, 2.05) is 74.5 Å². The van der Waals surface area contributed by atoms with Crippen LogP contribution in [0.1, 0.15) is 25.0 Å². The highest BCUT2D eigenvalue weighted by atomic mass is 16.8. The zero-order valence-electron chi connectivity index (χ0n) is 16.5. The third-order valence-corrected chi connectivity index (χ3v) is 4.73. The zero-order valence-corrected chi connectivity index (χ0v) is 16.5. The first-order valence-electron chi connectivity index (χ1n) is 9.62. The van der Waals surface area contributed by atoms with Crippen LogP contribution < -0.4 is 0 Å². The van der Waals surface area contributed by atoms with Crippen molar-refractivity contribution in [3.05, 3.63) is 83.3 Å². The van der Waals surface area contributed by atoms with E-state index in [0.717, 1.165) is 11.1 Å². The monoisotopic (exact) mass is 396 g/mol. The van der Waals surface area contributed by atoms with Gasteiger partial charge in [-0.25, -0.2) is 4.79 Å². The van der Waals surface area contributed by atoms with E-state index in [9.17, 15) is 4.79 Å². The van der Waals surface area contributed by atoms with Crippen LogP contribution in [-0.2, 0) is 41.7 Å². The molecule has 0 N–H and O–H groups in total. The second-order valence-electron chi connectivity index (χ2n) is 7.43. The largest absolute Gasteiger partial charge is 0.485 e. The Hall–Kier alpha value is -2.83. The molecule has 2 aromatic rings. The third-order valence-electron chi connectivity index (χ3n) is 4.73. The van der Waals surface area contributed by atoms with Crippen molar-refractivity contribution in [2.75, 3.05) is 6.61 Å². The summed E-state index contributed by atoms with van der Waals surface area (Å²) in [6, 6.07) is 19.3. The lowest BCUT2D eigenvalue weighted by Gasteiger charge is -2.22. The van der Waals surface area contributed by atoms with Gasteiger partial charge in [0.1, 0.15) is 19.3 Å². The Balaban J connectivity index is 1.55. The average Bonchev–Trinajstić information content (AvgIpc) is 3.25. The van der Waals surface area contributed by atoms with E-state index in [-0.39, 0.29) is 12.4 Å². The first-order chi connectivity index (χ1) is 14.0. The topological polar surface area (TPSA) is 63.2 Å². The van der Waals surface area contributed by atoms with E-state index in [4.69, 9.17) is 23.7 Å². The van der Waals surface area contributed by atoms with Gasteiger partial charge in [-0.15, -0.1) is 0 Å². The van der Waals surface area contributed by atoms with Crippen molar-refractivity contribution in [1.29, 1.82) is 0 Å². The molecular weight excluding hydrogens is 372 g/mol. The Bertz CT molecular complexity index is 875. The van der Waals surface area contributed by atoms with Crippen molar-refractivity contribution < 1.29 is 28.5 Å². The van der Waals surface area contributed by atoms with Gasteiger partial charge in [-0.3, -0.25) is 0 Å². The van der Waals surface area contributed by atoms with Gasteiger partial charge < -0.3 is 23.7 Å². The molecule has 1 fully saturated rings. The summed E-state index contributed by atoms with van der Waals surface area (Å²) in [5.74, 6) is -0.860. The van der Waals surface area contributed by atoms with Crippen molar-refractivity contribution in [3.63, 3.8) is 0 Å². The SMILES string of the molecule is CC1(C)OC[C@@H]([C@@H]2OC(=O)C(OCc3ccccc3)=C2OCc2ccccc2)O1. The number of hydrogen-bond donors (Lipinski definition) is 0. The number of cyclic esters (lactones) is 1. The number of esters is 1. The number of benzene rings is 2. The molecule has 0 amide bonds. The van der Waals surface area contributed by atoms with Gasteiger partial charge in [0.25, 0.3) is 0 Å². The normalized spacial score (nSPS) is 23.2. The number of rotatable bonds is 7. The van der Waals surface area contributed by atoms with E-state index in [1.54, 1.807) is 0 Å². The van der Waals surface area contributed by atoms with Crippen molar-refractivity contribution in [2.24, 2.45) is 0 Å². The zero-order chi connectivity index (χ0) is 20.3. The molecule has 0 bridgehead atoms. The number of hydrogen-bond acceptors (Lipinski definition) is 6. The molecule has 2 aromatic carbocycles. The molecule has 0 aliphatic carbocycles. The molecule has 29 heavy (non-hydrogen) atoms. The number of carbonyl (C=O) groups excluding carboxylic acids is 1. The Morgan fingerprint density at radius 3 is 2.07 bits per heavy atom. The standard InChI is InChI=1S/C23H24O6/c1-23(2)27-15-18(29-23)19-20(25-13-16-9-5-3-6-10-16)21(22(24)28-19)26-14-17-11-7-4-8-12-17/h3-12,18-19H,13-15H2,1-2H3/t18-,19-/m0/s1. The van der Waals surface area contributed by atoms with E-state index in [2.05, 4.69) is 0 Å². The highest BCUT2D eigenvalue weighted by Gasteiger charge is 2.48. The van der Waals surface area contributed by atoms with Gasteiger partial charge in [-0.05, 0) is 25.0 Å². The molecule has 6 nitrogen and oxygen atoms in total. The van der Waals surface area contributed by atoms with Crippen LogP contribution in [-0.4, -0.2) is 30.6 Å². The Kier molecular flexibility index (Phi) is 5.56. The van der Waals surface area contributed by atoms with Crippen molar-refractivity contribution in [3.8, 4) is 0 Å². The lowest BCUT2D eigenvalue weighted by atomic mass is 10.1. The maximum atomic E-state index is 12.6. The van der Waals surface area contributed by atoms with Crippen LogP contribution in [0.5, 0.6) is 0 Å². The van der Waals surface area contributed by atoms with E-state index >= 15 is 0 Å². The predicted molar refractivity (Wildman–Crippen MR) is 104 cm³/mol. The molecule has 2 heterocycles. The summed E-state index contributed by atoms with van der Waals surface area (Å²) in [5.41, 5.74) is 1.92. The summed E-state index contributed by atoms with van der Waals surface area (Å²) >= 11 is 0. The molecule has 2 aliphatic heterocycles. The van der Waals surface area contributed by atoms with Crippen LogP contribution in [0, 0.1) is 0 Å². The summed E-state index contributed by atoms with van der Waals surface area (Å²) in [6.07, 6.45) is -1.17. The molecule has 0 aromatic heterocycles. The summed E-state index contributed by atoms with van der Waals surface area (Å²) in [6.45, 7) is 4.48. The van der Waals surface area contributed by atoms with Crippen LogP contribution in [0.2, 0.25) is 0 Å². The molecule has 6 heteroatoms. The van der Waals surface area contributed by atoms with Crippen molar-refractivity contribution in [1.82, 2.24) is 0 Å². The fourth-order valence-corrected chi connectivity index (χ4v) is 3.30. The minimum absolute atomic E-state index is 0.0862. The van der Waals surface area contributed by atoms with Crippen LogP contribution in [0.25, 0.3) is 0 Å². The molecule has 152 valence electrons. The predicted octanol–water partition coefficient (Wildman–Crippen LogP) is 3.71. The van der Waals surface area contributed by atoms with Gasteiger partial charge >= 0.3 is 5.97 Å². The summed E-state index contributed by atoms with van der Waals surface area (Å²) in [5, 5.41) is 0. The second kappa shape index (κ2) is 8.27. The van der Waals surface area contributed by atoms with E-state index < -0.39 is 24.0 Å². The molecule has 0 unspecified atom stereocenters. The van der Waals surface area contributed by atoms with Crippen LogP contribution >= 0.6 is 0 Å². The molecule has 4 rings (SSSR count). The lowest BCUT2D eigenvalue weighted by molar-refractivity contribution is -0.164. The summed E-state index contributed by atoms with van der Waals surface area (Å²) < 4.78 is 29.0. The molecule has 1 saturated heterocycles. The van der Waals surface area contributed by atoms with E-state index in [0.29, 0.717) is 19.0 Å². The minimum atomic E-state index is -0.741. The van der Waals surface area contributed by atoms with Crippen molar-refractivity contribution >= 4 is 5.97 Å². The Labute approximate surface area is 170 Å². The maximum absolute atomic E-state index is 12.6. The summed E-state index contributed by atoms with van der Waals surface area (Å²) in [7, 11) is 0. The first kappa shape index (κ1) is 19.5. The highest BCUT2D eigenvalue weighted by Crippen LogP contribution is 2.34. The molecular formula is C23H24O6. The van der Waals surface area contributed by atoms with Gasteiger partial charge in [0.2, 0.25) is 5.76 Å². The molecule has 0 radical (unpaired) electrons. The lowest BCUT2D eigenvalue weighted by Crippen LogP contribution is -2.33. The number of ether oxygens (including phenoxy) is 5. The van der Waals surface area contributed by atoms with Gasteiger partial charge in [0, 0.05) is 0 Å². The molecule has 2 atom stereocenters. The fraction of sp³-hybridized carbons (Fsp3) is 0.348. The average molecular weight is 396 g/mol. The second-order valence-corrected chi connectivity index (χ2v) is 7.43. The third kappa shape index (κ3) is 4.60. The van der Waals surface area contributed by atoms with Crippen LogP contribution in [0.15, 0.2) is 72.2 Å². The van der Waals surface area contributed by atoms with Gasteiger partial charge in [-0.1, -0.05) is 60.7 Å². The first-order valence-corrected chi connectivity index (χ1v) is 9.62. The molecule has 0 saturated carbocycles. The quantitative estimate of drug-likeness (QED) is 0.665. The van der Waals surface area contributed by atoms with Crippen LogP contribution in [0.4, 0.5) is 0 Å². The van der Waals surface area contributed by atoms with Crippen molar-refractivity contribution in [2.45, 2.75) is 45.1 Å². The van der Waals surface area contributed by atoms with Gasteiger partial charge in [-0.2, -0.15) is 0 Å². The minimum Gasteiger partial charge on any atom is -0.485 e. The maximum Gasteiger partial charge on any atom is 0.378 e. The Morgan fingerprint density at radius 1 is 0.931 bits per heavy atom. The Morgan fingerprint density at radius 2 is 1.52 bits per heavy atom. The summed E-state index contributed by atoms with van der Waals surface area (Å²) in [4.78, 5) is 12.6. The fourth-order valence-electron chi connectivity index (χ4n) is 3.30. The number of carbonyl (C=O) groups is 1. The van der Waals surface area contributed by atoms with Gasteiger partial charge in [0.05, 0.1) is 6.61 Å². The smallest absolute Gasteiger partial charge is 0.378 e. The van der Waals surface area contributed by atoms with Gasteiger partial charge in [0.15, 0.2) is 17.7 Å². The van der Waals surface area contributed by atoms with Crippen LogP contribution in [0.3, 0.4) is 0 Å².